The van der Waals surface area contributed by atoms with E-state index in [1.165, 1.54) is 12.1 Å². The lowest BCUT2D eigenvalue weighted by molar-refractivity contribution is 0.660. The van der Waals surface area contributed by atoms with E-state index >= 15 is 0 Å². The van der Waals surface area contributed by atoms with Crippen molar-refractivity contribution in [2.24, 2.45) is 0 Å². The van der Waals surface area contributed by atoms with E-state index in [1.807, 2.05) is 54.6 Å². The number of fused-ring (bicyclic) bond motifs is 17. The number of hydrogen-bond acceptors (Lipinski definition) is 1. The van der Waals surface area contributed by atoms with Gasteiger partial charge in [-0.05, 0) is 146 Å². The van der Waals surface area contributed by atoms with Crippen molar-refractivity contribution in [1.82, 2.24) is 0 Å². The van der Waals surface area contributed by atoms with Gasteiger partial charge in [-0.3, -0.25) is 0 Å². The molecular weight excluding hydrogens is 855 g/mol. The average Bonchev–Trinajstić information content (AvgIpc) is 1.48. The molecule has 3 aliphatic carbocycles. The quantitative estimate of drug-likeness (QED) is 0.156. The second-order valence-electron chi connectivity index (χ2n) is 18.4. The molecule has 71 heavy (non-hydrogen) atoms. The van der Waals surface area contributed by atoms with E-state index in [9.17, 15) is 24.7 Å². The molecule has 0 aromatic heterocycles. The minimum atomic E-state index is -2.82. The van der Waals surface area contributed by atoms with E-state index in [0.717, 1.165) is 54.6 Å². The maximum Gasteiger partial charge on any atom is 0.0726 e. The molecule has 12 aromatic rings. The Balaban J connectivity index is 1.12. The molecule has 0 amide bonds. The van der Waals surface area contributed by atoms with Crippen LogP contribution in [-0.4, -0.2) is 0 Å². The van der Waals surface area contributed by atoms with Crippen molar-refractivity contribution in [1.29, 1.82) is 0 Å². The van der Waals surface area contributed by atoms with Crippen molar-refractivity contribution >= 4 is 49.4 Å². The van der Waals surface area contributed by atoms with Gasteiger partial charge in [-0.2, -0.15) is 0 Å². The number of rotatable bonds is 5. The summed E-state index contributed by atoms with van der Waals surface area (Å²) in [6.07, 6.45) is 0. The van der Waals surface area contributed by atoms with Crippen molar-refractivity contribution in [3.63, 3.8) is 0 Å². The summed E-state index contributed by atoms with van der Waals surface area (Å²) >= 11 is 0. The minimum absolute atomic E-state index is 0.110. The van der Waals surface area contributed by atoms with Crippen LogP contribution in [0.2, 0.25) is 0 Å². The van der Waals surface area contributed by atoms with E-state index in [2.05, 4.69) is 38.1 Å². The van der Waals surface area contributed by atoms with Gasteiger partial charge in [0.05, 0.1) is 44.0 Å². The summed E-state index contributed by atoms with van der Waals surface area (Å²) in [5.41, 5.74) is -1.75. The SMILES string of the molecule is [2H]c1c([2H])c([2H])c2c(c1[2H])-c1c([2H])c([2H])c([2H])c([2H])c1C21c2c([2H])c([2H])c([2H])c([2H])c2-c2c([2H])c([2H])c(N(c3ccc(-c4ccc5ccccc5c4-c4cccc5c4-c4ccccc4C5(C)C)cc3)c3c([2H])c4c([2H])c([2H])c([2H])c([2H])c4c4c([2H])c([2H])c([2H])c([2H])c34)c([2H])c21. The smallest absolute Gasteiger partial charge is 0.0726 e. The van der Waals surface area contributed by atoms with Gasteiger partial charge in [0.2, 0.25) is 0 Å². The first kappa shape index (κ1) is 23.2. The Kier molecular flexibility index (Phi) is 4.86. The van der Waals surface area contributed by atoms with Crippen LogP contribution in [0.4, 0.5) is 17.1 Å². The molecule has 0 heterocycles. The summed E-state index contributed by atoms with van der Waals surface area (Å²) in [4.78, 5) is 1.06. The third-order valence-corrected chi connectivity index (χ3v) is 14.7. The number of benzene rings is 12. The zero-order valence-electron chi connectivity index (χ0n) is 61.8. The molecule has 1 nitrogen and oxygen atoms in total. The van der Waals surface area contributed by atoms with Crippen molar-refractivity contribution in [2.75, 3.05) is 4.90 Å². The molecule has 332 valence electrons. The number of hydrogen-bond donors (Lipinski definition) is 0. The largest absolute Gasteiger partial charge is 0.310 e. The molecule has 3 aliphatic rings. The minimum Gasteiger partial charge on any atom is -0.310 e. The molecular formula is C70H47N. The summed E-state index contributed by atoms with van der Waals surface area (Å²) in [7, 11) is 0. The summed E-state index contributed by atoms with van der Waals surface area (Å²) < 4.78 is 229. The molecule has 0 radical (unpaired) electrons. The Morgan fingerprint density at radius 3 is 1.68 bits per heavy atom. The van der Waals surface area contributed by atoms with Gasteiger partial charge < -0.3 is 4.90 Å². The molecule has 0 fully saturated rings. The standard InChI is InChI=1S/C70H47N/c1-69(2)60-29-13-12-27-58(60)68-59(28-17-33-64(68)69)67-50-21-6-3-18-44(50)36-40-51(67)45-34-37-47(38-35-45)71(66-42-46-19-4-5-20-49(46)52-22-7-8-26-57(52)66)48-39-41-56-55-25-11-16-32-63(55)70(65(56)43-48)61-30-14-9-23-53(61)54-24-10-15-31-62(54)70/h3-43H,1-2H3/i4D,5D,7D,8D,9D,10D,11D,14D,15D,16D,19D,20D,22D,23D,24D,25D,26D,30D,31D,32D,39D,41D,42D,43D. The Morgan fingerprint density at radius 1 is 0.338 bits per heavy atom. The summed E-state index contributed by atoms with van der Waals surface area (Å²) in [5.74, 6) is 0. The predicted molar refractivity (Wildman–Crippen MR) is 298 cm³/mol. The molecule has 0 bridgehead atoms. The van der Waals surface area contributed by atoms with Crippen LogP contribution in [0, 0.1) is 0 Å². The fourth-order valence-corrected chi connectivity index (χ4v) is 11.6. The molecule has 1 heteroatoms. The highest BCUT2D eigenvalue weighted by Gasteiger charge is 2.51. The third-order valence-electron chi connectivity index (χ3n) is 14.7. The Morgan fingerprint density at radius 2 is 0.930 bits per heavy atom. The zero-order chi connectivity index (χ0) is 67.9. The van der Waals surface area contributed by atoms with Gasteiger partial charge in [0.15, 0.2) is 0 Å². The van der Waals surface area contributed by atoms with Crippen LogP contribution in [0.5, 0.6) is 0 Å². The first-order valence-electron chi connectivity index (χ1n) is 35.1. The number of anilines is 3. The monoisotopic (exact) mass is 926 g/mol. The van der Waals surface area contributed by atoms with Crippen molar-refractivity contribution in [3.8, 4) is 55.6 Å². The maximum absolute atomic E-state index is 11.0. The van der Waals surface area contributed by atoms with E-state index in [1.54, 1.807) is 12.1 Å². The second kappa shape index (κ2) is 14.9. The van der Waals surface area contributed by atoms with Crippen molar-refractivity contribution in [2.45, 2.75) is 24.7 Å². The van der Waals surface area contributed by atoms with Crippen LogP contribution in [0.15, 0.2) is 248 Å². The van der Waals surface area contributed by atoms with Gasteiger partial charge in [-0.25, -0.2) is 0 Å². The topological polar surface area (TPSA) is 3.24 Å². The molecule has 0 unspecified atom stereocenters. The third kappa shape index (κ3) is 5.46. The van der Waals surface area contributed by atoms with Gasteiger partial charge >= 0.3 is 0 Å². The molecule has 1 spiro atoms. The maximum atomic E-state index is 11.0. The fraction of sp³-hybridized carbons (Fsp3) is 0.0571. The zero-order valence-corrected chi connectivity index (χ0v) is 37.8. The van der Waals surface area contributed by atoms with Crippen molar-refractivity contribution in [3.05, 3.63) is 282 Å². The van der Waals surface area contributed by atoms with Crippen LogP contribution in [0.1, 0.15) is 80.1 Å². The van der Waals surface area contributed by atoms with Gasteiger partial charge in [0.25, 0.3) is 0 Å². The highest BCUT2D eigenvalue weighted by Crippen LogP contribution is 2.63. The molecule has 0 saturated heterocycles. The fourth-order valence-electron chi connectivity index (χ4n) is 11.6. The molecule has 0 aliphatic heterocycles. The van der Waals surface area contributed by atoms with Crippen LogP contribution < -0.4 is 4.90 Å². The van der Waals surface area contributed by atoms with Gasteiger partial charge in [0, 0.05) is 22.2 Å². The van der Waals surface area contributed by atoms with Crippen LogP contribution in [0.25, 0.3) is 88.0 Å². The lowest BCUT2D eigenvalue weighted by Crippen LogP contribution is -2.26. The highest BCUT2D eigenvalue weighted by molar-refractivity contribution is 6.15. The molecule has 0 N–H and O–H groups in total. The lowest BCUT2D eigenvalue weighted by Gasteiger charge is -2.32. The van der Waals surface area contributed by atoms with Gasteiger partial charge in [-0.15, -0.1) is 0 Å². The van der Waals surface area contributed by atoms with E-state index in [4.69, 9.17) is 8.22 Å². The van der Waals surface area contributed by atoms with Crippen LogP contribution >= 0.6 is 0 Å². The van der Waals surface area contributed by atoms with E-state index in [0.29, 0.717) is 5.56 Å². The molecule has 0 saturated carbocycles. The second-order valence-corrected chi connectivity index (χ2v) is 18.4. The van der Waals surface area contributed by atoms with Gasteiger partial charge in [-0.1, -0.05) is 232 Å². The summed E-state index contributed by atoms with van der Waals surface area (Å²) in [6, 6.07) is 12.1. The predicted octanol–water partition coefficient (Wildman–Crippen LogP) is 18.6. The first-order valence-corrected chi connectivity index (χ1v) is 23.1. The van der Waals surface area contributed by atoms with Crippen LogP contribution in [0.3, 0.4) is 0 Å². The normalized spacial score (nSPS) is 18.7. The summed E-state index contributed by atoms with van der Waals surface area (Å²) in [5, 5.41) is -0.275. The lowest BCUT2D eigenvalue weighted by atomic mass is 9.70. The van der Waals surface area contributed by atoms with Gasteiger partial charge in [0.1, 0.15) is 0 Å². The van der Waals surface area contributed by atoms with E-state index < -0.39 is 228 Å². The Labute approximate surface area is 448 Å². The number of nitrogens with zero attached hydrogens (tertiary/aromatic N) is 1. The highest BCUT2D eigenvalue weighted by atomic mass is 15.1. The molecule has 15 rings (SSSR count). The van der Waals surface area contributed by atoms with Crippen molar-refractivity contribution < 1.29 is 32.9 Å². The van der Waals surface area contributed by atoms with E-state index in [-0.39, 0.29) is 11.1 Å². The average molecular weight is 926 g/mol. The summed E-state index contributed by atoms with van der Waals surface area (Å²) in [6.45, 7) is 4.36. The molecule has 12 aromatic carbocycles. The Bertz CT molecular complexity index is 5540. The van der Waals surface area contributed by atoms with Crippen LogP contribution in [-0.2, 0) is 10.8 Å². The first-order chi connectivity index (χ1) is 45.0. The Hall–Kier alpha value is -8.78. The molecule has 0 atom stereocenters.